The smallest absolute Gasteiger partial charge is 0.306 e. The van der Waals surface area contributed by atoms with Crippen LogP contribution in [0.3, 0.4) is 0 Å². The quantitative estimate of drug-likeness (QED) is 0.0386. The normalized spacial score (nSPS) is 21.6. The van der Waals surface area contributed by atoms with Gasteiger partial charge in [0.1, 0.15) is 58.8 Å². The summed E-state index contributed by atoms with van der Waals surface area (Å²) < 4.78 is 59.3. The first kappa shape index (κ1) is 53.5. The van der Waals surface area contributed by atoms with Gasteiger partial charge in [-0.2, -0.15) is 11.8 Å². The van der Waals surface area contributed by atoms with E-state index in [1.807, 2.05) is 0 Å². The van der Waals surface area contributed by atoms with Crippen LogP contribution in [0, 0.1) is 0 Å². The lowest BCUT2D eigenvalue weighted by atomic mass is 9.92. The molecule has 4 unspecified atom stereocenters. The van der Waals surface area contributed by atoms with Crippen LogP contribution in [-0.2, 0) is 19.1 Å². The molecule has 0 aliphatic carbocycles. The molecule has 0 spiro atoms. The number of hydrogen-bond donors (Lipinski definition) is 8. The number of hydrogen-bond acceptors (Lipinski definition) is 23. The van der Waals surface area contributed by atoms with Gasteiger partial charge in [-0.15, -0.1) is 0 Å². The highest BCUT2D eigenvalue weighted by atomic mass is 32.2. The van der Waals surface area contributed by atoms with Crippen molar-refractivity contribution >= 4 is 35.3 Å². The lowest BCUT2D eigenvalue weighted by molar-refractivity contribution is -0.148. The van der Waals surface area contributed by atoms with E-state index in [1.165, 1.54) is 86.6 Å². The summed E-state index contributed by atoms with van der Waals surface area (Å²) in [4.78, 5) is 52.5. The molecule has 0 aromatic heterocycles. The Balaban J connectivity index is 0.741. The summed E-state index contributed by atoms with van der Waals surface area (Å²) in [5, 5.41) is 83.3. The first-order valence-electron chi connectivity index (χ1n) is 24.5. The Morgan fingerprint density at radius 3 is 1.24 bits per heavy atom. The minimum absolute atomic E-state index is 0.0409. The topological polar surface area (TPSA) is 322 Å². The number of ether oxygens (including phenoxy) is 10. The fourth-order valence-corrected chi connectivity index (χ4v) is 10.3. The lowest BCUT2D eigenvalue weighted by Gasteiger charge is -2.35. The van der Waals surface area contributed by atoms with E-state index in [0.717, 1.165) is 24.3 Å². The molecule has 10 rings (SSSR count). The van der Waals surface area contributed by atoms with E-state index in [0.29, 0.717) is 22.3 Å². The van der Waals surface area contributed by atoms with Crippen molar-refractivity contribution in [2.45, 2.75) is 61.7 Å². The van der Waals surface area contributed by atoms with E-state index in [-0.39, 0.29) is 118 Å². The standard InChI is InChI=1S/C56H50O22S/c1-69-37-15-25(3-7-31(37)59)53-43(73-35-9-5-27(17-39(35)75-53)55-51(67)49(65)47-33(61)19-29(57)21-41(47)77-55)23-71-45(63)11-13-79-14-12-46(64)72-24-44-54(26-4-8-32(60)38(16-26)70-2)76-40-18-28(6-10-36(40)74-44)56-52(68)50(66)48-34(62)20-30(58)22-42(48)78-56/h3-10,15-22,43-44,51-62,67-68H,11-14,23-24H2,1-2H3/t43?,44?,51-,52-,53?,54?,55+,56+/m0/s1. The van der Waals surface area contributed by atoms with Gasteiger partial charge in [0.05, 0.1) is 27.1 Å². The zero-order valence-electron chi connectivity index (χ0n) is 41.8. The molecule has 4 heterocycles. The average Bonchev–Trinajstić information content (AvgIpc) is 3.53. The molecule has 4 aliphatic rings. The highest BCUT2D eigenvalue weighted by molar-refractivity contribution is 7.99. The molecule has 22 nitrogen and oxygen atoms in total. The van der Waals surface area contributed by atoms with E-state index in [2.05, 4.69) is 0 Å². The Morgan fingerprint density at radius 1 is 0.456 bits per heavy atom. The summed E-state index contributed by atoms with van der Waals surface area (Å²) in [6.07, 6.45) is -9.85. The molecule has 8 N–H and O–H groups in total. The number of methoxy groups -OCH3 is 2. The number of phenolic OH excluding ortho intramolecular Hbond substituents is 6. The van der Waals surface area contributed by atoms with Gasteiger partial charge in [-0.3, -0.25) is 19.2 Å². The van der Waals surface area contributed by atoms with Gasteiger partial charge in [0.15, 0.2) is 94.8 Å². The summed E-state index contributed by atoms with van der Waals surface area (Å²) in [7, 11) is 2.74. The number of carbonyl (C=O) groups is 4. The Bertz CT molecular complexity index is 3140. The second kappa shape index (κ2) is 22.2. The average molecular weight is 1110 g/mol. The molecule has 0 saturated heterocycles. The van der Waals surface area contributed by atoms with Gasteiger partial charge < -0.3 is 88.2 Å². The zero-order valence-corrected chi connectivity index (χ0v) is 42.6. The van der Waals surface area contributed by atoms with Crippen molar-refractivity contribution in [3.8, 4) is 80.5 Å². The number of aromatic hydroxyl groups is 6. The minimum atomic E-state index is -1.73. The predicted molar refractivity (Wildman–Crippen MR) is 273 cm³/mol. The minimum Gasteiger partial charge on any atom is -0.508 e. The molecule has 79 heavy (non-hydrogen) atoms. The van der Waals surface area contributed by atoms with E-state index in [1.54, 1.807) is 12.1 Å². The molecule has 412 valence electrons. The Hall–Kier alpha value is -8.93. The fourth-order valence-electron chi connectivity index (χ4n) is 9.44. The SMILES string of the molecule is COc1cc(C2Oc3cc([C@H]4Oc5cc(O)cc(O)c5C(=O)[C@@H]4O)ccc3OC2COC(=O)CCSCCC(=O)OCC2Oc3ccc([C@H]4Oc5cc(O)cc(O)c5C(=O)[C@@H]4O)cc3OC2c2ccc(O)c(OC)c2)ccc1O. The van der Waals surface area contributed by atoms with Gasteiger partial charge in [0, 0.05) is 46.9 Å². The number of aliphatic hydroxyl groups is 2. The van der Waals surface area contributed by atoms with Crippen LogP contribution < -0.4 is 37.9 Å². The van der Waals surface area contributed by atoms with Crippen LogP contribution >= 0.6 is 11.8 Å². The van der Waals surface area contributed by atoms with Gasteiger partial charge in [0.25, 0.3) is 0 Å². The van der Waals surface area contributed by atoms with Crippen molar-refractivity contribution in [3.05, 3.63) is 130 Å². The molecule has 6 aromatic rings. The highest BCUT2D eigenvalue weighted by Gasteiger charge is 2.43. The van der Waals surface area contributed by atoms with Crippen molar-refractivity contribution in [1.82, 2.24) is 0 Å². The van der Waals surface area contributed by atoms with Crippen LogP contribution in [0.1, 0.15) is 80.2 Å². The van der Waals surface area contributed by atoms with E-state index in [9.17, 15) is 60.0 Å². The third-order valence-electron chi connectivity index (χ3n) is 13.4. The third-order valence-corrected chi connectivity index (χ3v) is 14.3. The molecular formula is C56H50O22S. The molecule has 8 atom stereocenters. The Kier molecular flexibility index (Phi) is 15.0. The first-order valence-corrected chi connectivity index (χ1v) is 25.6. The molecular weight excluding hydrogens is 1060 g/mol. The number of Topliss-reactive ketones (excluding diaryl/α,β-unsaturated/α-hetero) is 2. The summed E-state index contributed by atoms with van der Waals surface area (Å²) in [5.41, 5.74) is 0.983. The summed E-state index contributed by atoms with van der Waals surface area (Å²) in [6.45, 7) is -0.563. The second-order valence-electron chi connectivity index (χ2n) is 18.5. The number of aliphatic hydroxyl groups excluding tert-OH is 2. The van der Waals surface area contributed by atoms with Gasteiger partial charge in [-0.25, -0.2) is 0 Å². The Morgan fingerprint density at radius 2 is 0.835 bits per heavy atom. The van der Waals surface area contributed by atoms with Gasteiger partial charge in [-0.1, -0.05) is 24.3 Å². The van der Waals surface area contributed by atoms with Crippen LogP contribution in [0.2, 0.25) is 0 Å². The number of fused-ring (bicyclic) bond motifs is 4. The van der Waals surface area contributed by atoms with Crippen LogP contribution in [0.15, 0.2) is 97.1 Å². The maximum absolute atomic E-state index is 13.1. The van der Waals surface area contributed by atoms with E-state index < -0.39 is 83.8 Å². The van der Waals surface area contributed by atoms with E-state index in [4.69, 9.17) is 47.4 Å². The van der Waals surface area contributed by atoms with Gasteiger partial charge >= 0.3 is 11.9 Å². The molecule has 0 fully saturated rings. The second-order valence-corrected chi connectivity index (χ2v) is 19.7. The largest absolute Gasteiger partial charge is 0.508 e. The number of rotatable bonds is 16. The molecule has 0 bridgehead atoms. The van der Waals surface area contributed by atoms with Crippen molar-refractivity contribution in [2.75, 3.05) is 38.9 Å². The first-order chi connectivity index (χ1) is 38.0. The third kappa shape index (κ3) is 10.9. The van der Waals surface area contributed by atoms with Gasteiger partial charge in [0.2, 0.25) is 11.6 Å². The summed E-state index contributed by atoms with van der Waals surface area (Å²) >= 11 is 1.31. The van der Waals surface area contributed by atoms with Crippen molar-refractivity contribution in [3.63, 3.8) is 0 Å². The highest BCUT2D eigenvalue weighted by Crippen LogP contribution is 2.49. The number of ketones is 2. The van der Waals surface area contributed by atoms with Crippen LogP contribution in [-0.4, -0.2) is 128 Å². The molecule has 0 saturated carbocycles. The molecule has 6 aromatic carbocycles. The van der Waals surface area contributed by atoms with Crippen LogP contribution in [0.4, 0.5) is 0 Å². The number of esters is 2. The maximum atomic E-state index is 13.1. The van der Waals surface area contributed by atoms with Crippen LogP contribution in [0.5, 0.6) is 80.5 Å². The number of phenols is 6. The summed E-state index contributed by atoms with van der Waals surface area (Å²) in [6, 6.07) is 22.4. The molecule has 0 radical (unpaired) electrons. The number of thioether (sulfide) groups is 1. The molecule has 0 amide bonds. The monoisotopic (exact) mass is 1110 g/mol. The molecule has 23 heteroatoms. The lowest BCUT2D eigenvalue weighted by Crippen LogP contribution is -2.38. The van der Waals surface area contributed by atoms with Crippen molar-refractivity contribution in [1.29, 1.82) is 0 Å². The van der Waals surface area contributed by atoms with Gasteiger partial charge in [-0.05, 0) is 59.7 Å². The summed E-state index contributed by atoms with van der Waals surface area (Å²) in [5.74, 6) is -3.55. The maximum Gasteiger partial charge on any atom is 0.306 e. The Labute approximate surface area is 452 Å². The number of benzene rings is 6. The molecule has 4 aliphatic heterocycles. The zero-order chi connectivity index (χ0) is 55.8. The number of carbonyl (C=O) groups excluding carboxylic acids is 4. The van der Waals surface area contributed by atoms with Crippen molar-refractivity contribution in [2.24, 2.45) is 0 Å². The van der Waals surface area contributed by atoms with E-state index >= 15 is 0 Å². The predicted octanol–water partition coefficient (Wildman–Crippen LogP) is 6.35. The fraction of sp³-hybridized carbons (Fsp3) is 0.286. The van der Waals surface area contributed by atoms with Crippen LogP contribution in [0.25, 0.3) is 0 Å². The van der Waals surface area contributed by atoms with Crippen molar-refractivity contribution < 1.29 is 107 Å².